The third-order valence-corrected chi connectivity index (χ3v) is 1.78. The highest BCUT2D eigenvalue weighted by Crippen LogP contribution is 2.04. The average Bonchev–Trinajstić information content (AvgIpc) is 2.13. The van der Waals surface area contributed by atoms with Gasteiger partial charge in [0.15, 0.2) is 0 Å². The molecule has 0 bridgehead atoms. The van der Waals surface area contributed by atoms with Crippen LogP contribution in [0.1, 0.15) is 0 Å². The fraction of sp³-hybridized carbons (Fsp3) is 0.500. The molecule has 1 heterocycles. The van der Waals surface area contributed by atoms with E-state index in [9.17, 15) is 4.79 Å². The van der Waals surface area contributed by atoms with Gasteiger partial charge in [-0.15, -0.1) is 5.10 Å². The maximum Gasteiger partial charge on any atom is 0.328 e. The van der Waals surface area contributed by atoms with E-state index >= 15 is 0 Å². The summed E-state index contributed by atoms with van der Waals surface area (Å²) in [7, 11) is 1.49. The lowest BCUT2D eigenvalue weighted by molar-refractivity contribution is 0.118. The van der Waals surface area contributed by atoms with Gasteiger partial charge in [-0.25, -0.2) is 0 Å². The molecule has 0 aliphatic heterocycles. The van der Waals surface area contributed by atoms with Crippen LogP contribution < -0.4 is 4.87 Å². The predicted octanol–water partition coefficient (Wildman–Crippen LogP) is 0.562. The number of hydrogen-bond donors (Lipinski definition) is 0. The number of halogens is 1. The highest BCUT2D eigenvalue weighted by Gasteiger charge is 2.00. The smallest absolute Gasteiger partial charge is 0.328 e. The van der Waals surface area contributed by atoms with E-state index in [0.717, 1.165) is 16.0 Å². The molecule has 0 unspecified atom stereocenters. The van der Waals surface area contributed by atoms with Gasteiger partial charge in [-0.3, -0.25) is 4.79 Å². The first-order chi connectivity index (χ1) is 4.74. The Kier molecular flexibility index (Phi) is 2.42. The molecule has 1 aromatic rings. The first kappa shape index (κ1) is 7.71. The fourth-order valence-corrected chi connectivity index (χ4v) is 1.26. The Balaban J connectivity index is 2.92. The van der Waals surface area contributed by atoms with Crippen molar-refractivity contribution in [2.45, 2.75) is 6.73 Å². The van der Waals surface area contributed by atoms with E-state index in [0.29, 0.717) is 0 Å². The molecule has 1 rings (SSSR count). The van der Waals surface area contributed by atoms with Crippen LogP contribution in [0.5, 0.6) is 0 Å². The largest absolute Gasteiger partial charge is 0.362 e. The molecule has 0 aliphatic rings. The van der Waals surface area contributed by atoms with Crippen LogP contribution in [0.3, 0.4) is 0 Å². The quantitative estimate of drug-likeness (QED) is 0.668. The first-order valence-electron chi connectivity index (χ1n) is 2.46. The lowest BCUT2D eigenvalue weighted by Gasteiger charge is -1.92. The van der Waals surface area contributed by atoms with Crippen LogP contribution in [0.4, 0.5) is 0 Å². The van der Waals surface area contributed by atoms with Crippen molar-refractivity contribution >= 4 is 22.9 Å². The van der Waals surface area contributed by atoms with Crippen molar-refractivity contribution in [1.82, 2.24) is 9.78 Å². The minimum absolute atomic E-state index is 0.155. The van der Waals surface area contributed by atoms with E-state index in [4.69, 9.17) is 11.6 Å². The fourth-order valence-electron chi connectivity index (χ4n) is 0.485. The highest BCUT2D eigenvalue weighted by molar-refractivity contribution is 7.13. The minimum atomic E-state index is -0.202. The number of aromatic nitrogens is 2. The standard InChI is InChI=1S/C4H5ClN2O2S/c1-9-2-7-4(8)10-3(5)6-7/h2H2,1H3. The molecule has 0 N–H and O–H groups in total. The van der Waals surface area contributed by atoms with Crippen LogP contribution >= 0.6 is 22.9 Å². The number of rotatable bonds is 2. The number of methoxy groups -OCH3 is 1. The zero-order valence-electron chi connectivity index (χ0n) is 5.20. The van der Waals surface area contributed by atoms with E-state index in [-0.39, 0.29) is 16.1 Å². The van der Waals surface area contributed by atoms with Crippen molar-refractivity contribution in [3.63, 3.8) is 0 Å². The zero-order valence-corrected chi connectivity index (χ0v) is 6.78. The van der Waals surface area contributed by atoms with Crippen LogP contribution in [0.2, 0.25) is 4.47 Å². The molecule has 0 aromatic carbocycles. The second-order valence-electron chi connectivity index (χ2n) is 1.54. The molecule has 0 saturated carbocycles. The average molecular weight is 181 g/mol. The van der Waals surface area contributed by atoms with Crippen LogP contribution in [0.15, 0.2) is 4.79 Å². The van der Waals surface area contributed by atoms with E-state index < -0.39 is 0 Å². The molecule has 56 valence electrons. The van der Waals surface area contributed by atoms with Gasteiger partial charge < -0.3 is 4.74 Å². The van der Waals surface area contributed by atoms with Gasteiger partial charge in [-0.1, -0.05) is 0 Å². The maximum absolute atomic E-state index is 10.8. The zero-order chi connectivity index (χ0) is 7.56. The summed E-state index contributed by atoms with van der Waals surface area (Å²) in [6.45, 7) is 0.155. The van der Waals surface area contributed by atoms with Crippen LogP contribution in [-0.4, -0.2) is 16.9 Å². The van der Waals surface area contributed by atoms with Crippen molar-refractivity contribution in [3.8, 4) is 0 Å². The summed E-state index contributed by atoms with van der Waals surface area (Å²) in [6.07, 6.45) is 0. The Labute approximate surface area is 66.0 Å². The van der Waals surface area contributed by atoms with Gasteiger partial charge in [-0.05, 0) is 22.9 Å². The number of hydrogen-bond acceptors (Lipinski definition) is 4. The summed E-state index contributed by atoms with van der Waals surface area (Å²) in [5, 5.41) is 3.66. The lowest BCUT2D eigenvalue weighted by atomic mass is 11.1. The van der Waals surface area contributed by atoms with Gasteiger partial charge in [-0.2, -0.15) is 4.68 Å². The Bertz CT molecular complexity index is 268. The van der Waals surface area contributed by atoms with Crippen molar-refractivity contribution in [2.75, 3.05) is 7.11 Å². The summed E-state index contributed by atoms with van der Waals surface area (Å²) in [5.41, 5.74) is 0. The van der Waals surface area contributed by atoms with Crippen molar-refractivity contribution in [2.24, 2.45) is 0 Å². The van der Waals surface area contributed by atoms with Gasteiger partial charge in [0, 0.05) is 7.11 Å². The molecule has 0 saturated heterocycles. The van der Waals surface area contributed by atoms with E-state index in [1.807, 2.05) is 0 Å². The molecule has 0 radical (unpaired) electrons. The molecule has 4 nitrogen and oxygen atoms in total. The molecule has 0 amide bonds. The SMILES string of the molecule is COCn1nc(Cl)sc1=O. The highest BCUT2D eigenvalue weighted by atomic mass is 35.5. The molecule has 0 fully saturated rings. The van der Waals surface area contributed by atoms with Crippen molar-refractivity contribution in [3.05, 3.63) is 14.1 Å². The van der Waals surface area contributed by atoms with Gasteiger partial charge in [0.25, 0.3) is 0 Å². The minimum Gasteiger partial charge on any atom is -0.362 e. The second-order valence-corrected chi connectivity index (χ2v) is 3.06. The molecule has 6 heteroatoms. The molecule has 0 atom stereocenters. The number of ether oxygens (including phenoxy) is 1. The Morgan fingerprint density at radius 1 is 1.90 bits per heavy atom. The topological polar surface area (TPSA) is 44.1 Å². The van der Waals surface area contributed by atoms with Crippen LogP contribution in [-0.2, 0) is 11.5 Å². The molecular formula is C4H5ClN2O2S. The van der Waals surface area contributed by atoms with Crippen LogP contribution in [0.25, 0.3) is 0 Å². The summed E-state index contributed by atoms with van der Waals surface area (Å²) in [6, 6.07) is 0. The summed E-state index contributed by atoms with van der Waals surface area (Å²) in [5.74, 6) is 0. The van der Waals surface area contributed by atoms with E-state index in [1.165, 1.54) is 7.11 Å². The third-order valence-electron chi connectivity index (χ3n) is 0.833. The summed E-state index contributed by atoms with van der Waals surface area (Å²) in [4.78, 5) is 10.6. The lowest BCUT2D eigenvalue weighted by Crippen LogP contribution is -2.15. The van der Waals surface area contributed by atoms with Gasteiger partial charge in [0.05, 0.1) is 0 Å². The summed E-state index contributed by atoms with van der Waals surface area (Å²) < 4.78 is 6.07. The van der Waals surface area contributed by atoms with Gasteiger partial charge in [0.1, 0.15) is 6.73 Å². The van der Waals surface area contributed by atoms with Crippen LogP contribution in [0, 0.1) is 0 Å². The monoisotopic (exact) mass is 180 g/mol. The molecular weight excluding hydrogens is 176 g/mol. The third kappa shape index (κ3) is 1.56. The molecule has 0 aliphatic carbocycles. The summed E-state index contributed by atoms with van der Waals surface area (Å²) >= 11 is 6.32. The van der Waals surface area contributed by atoms with Gasteiger partial charge in [0.2, 0.25) is 4.47 Å². The maximum atomic E-state index is 10.8. The second kappa shape index (κ2) is 3.14. The Morgan fingerprint density at radius 2 is 2.60 bits per heavy atom. The molecule has 10 heavy (non-hydrogen) atoms. The van der Waals surface area contributed by atoms with Crippen molar-refractivity contribution < 1.29 is 4.74 Å². The van der Waals surface area contributed by atoms with Gasteiger partial charge >= 0.3 is 4.87 Å². The van der Waals surface area contributed by atoms with E-state index in [2.05, 4.69) is 9.84 Å². The normalized spacial score (nSPS) is 10.2. The Hall–Kier alpha value is -0.390. The molecule has 1 aromatic heterocycles. The Morgan fingerprint density at radius 3 is 3.00 bits per heavy atom. The molecule has 0 spiro atoms. The predicted molar refractivity (Wildman–Crippen MR) is 38.4 cm³/mol. The first-order valence-corrected chi connectivity index (χ1v) is 3.66. The number of nitrogens with zero attached hydrogens (tertiary/aromatic N) is 2. The van der Waals surface area contributed by atoms with Crippen molar-refractivity contribution in [1.29, 1.82) is 0 Å². The van der Waals surface area contributed by atoms with E-state index in [1.54, 1.807) is 0 Å².